The van der Waals surface area contributed by atoms with Crippen molar-refractivity contribution in [2.45, 2.75) is 0 Å². The smallest absolute Gasteiger partial charge is 0.137 e. The summed E-state index contributed by atoms with van der Waals surface area (Å²) in [4.78, 5) is 4.26. The van der Waals surface area contributed by atoms with Crippen molar-refractivity contribution in [2.75, 3.05) is 7.11 Å². The van der Waals surface area contributed by atoms with Gasteiger partial charge in [0.05, 0.1) is 30.6 Å². The fraction of sp³-hybridized carbons (Fsp3) is 0.0769. The molecule has 0 fully saturated rings. The van der Waals surface area contributed by atoms with Gasteiger partial charge in [-0.15, -0.1) is 0 Å². The Hall–Kier alpha value is -2.34. The second-order valence-electron chi connectivity index (χ2n) is 3.28. The van der Waals surface area contributed by atoms with Crippen LogP contribution in [0.5, 0.6) is 5.75 Å². The predicted molar refractivity (Wildman–Crippen MR) is 60.9 cm³/mol. The Labute approximate surface area is 93.9 Å². The highest BCUT2D eigenvalue weighted by molar-refractivity contribution is 5.61. The topological polar surface area (TPSA) is 45.9 Å². The maximum atomic E-state index is 8.80. The summed E-state index contributed by atoms with van der Waals surface area (Å²) in [7, 11) is 1.60. The lowest BCUT2D eigenvalue weighted by Gasteiger charge is -2.02. The van der Waals surface area contributed by atoms with Crippen LogP contribution in [0.2, 0.25) is 0 Å². The van der Waals surface area contributed by atoms with E-state index in [1.165, 1.54) is 0 Å². The molecule has 78 valence electrons. The van der Waals surface area contributed by atoms with Gasteiger partial charge in [0.25, 0.3) is 0 Å². The van der Waals surface area contributed by atoms with Gasteiger partial charge >= 0.3 is 0 Å². The Morgan fingerprint density at radius 3 is 2.75 bits per heavy atom. The SMILES string of the molecule is COc1ccc(-c2cccc(C#N)c2)nc1. The van der Waals surface area contributed by atoms with Gasteiger partial charge in [-0.25, -0.2) is 0 Å². The Balaban J connectivity index is 2.39. The molecule has 0 aliphatic rings. The normalized spacial score (nSPS) is 9.50. The second kappa shape index (κ2) is 4.45. The number of methoxy groups -OCH3 is 1. The first-order valence-corrected chi connectivity index (χ1v) is 4.84. The number of nitrogens with zero attached hydrogens (tertiary/aromatic N) is 2. The number of hydrogen-bond acceptors (Lipinski definition) is 3. The second-order valence-corrected chi connectivity index (χ2v) is 3.28. The van der Waals surface area contributed by atoms with Crippen molar-refractivity contribution >= 4 is 0 Å². The van der Waals surface area contributed by atoms with Crippen LogP contribution in [0.3, 0.4) is 0 Å². The van der Waals surface area contributed by atoms with E-state index in [-0.39, 0.29) is 0 Å². The average Bonchev–Trinajstić information content (AvgIpc) is 2.39. The molecule has 1 aromatic carbocycles. The number of rotatable bonds is 2. The molecule has 0 N–H and O–H groups in total. The third kappa shape index (κ3) is 2.01. The van der Waals surface area contributed by atoms with E-state index in [1.54, 1.807) is 19.4 Å². The van der Waals surface area contributed by atoms with Gasteiger partial charge < -0.3 is 4.74 Å². The number of benzene rings is 1. The van der Waals surface area contributed by atoms with Crippen molar-refractivity contribution in [3.63, 3.8) is 0 Å². The largest absolute Gasteiger partial charge is 0.495 e. The van der Waals surface area contributed by atoms with Gasteiger partial charge in [-0.1, -0.05) is 12.1 Å². The van der Waals surface area contributed by atoms with Crippen LogP contribution in [0.4, 0.5) is 0 Å². The molecule has 2 aromatic rings. The summed E-state index contributed by atoms with van der Waals surface area (Å²) in [5, 5.41) is 8.80. The van der Waals surface area contributed by atoms with Crippen molar-refractivity contribution in [3.05, 3.63) is 48.2 Å². The Morgan fingerprint density at radius 1 is 1.25 bits per heavy atom. The molecule has 0 aliphatic carbocycles. The molecule has 0 amide bonds. The molecule has 0 unspecified atom stereocenters. The first kappa shape index (κ1) is 10.2. The Bertz CT molecular complexity index is 526. The fourth-order valence-corrected chi connectivity index (χ4v) is 1.42. The molecule has 0 radical (unpaired) electrons. The molecule has 1 aromatic heterocycles. The van der Waals surface area contributed by atoms with Crippen LogP contribution in [0.25, 0.3) is 11.3 Å². The third-order valence-corrected chi connectivity index (χ3v) is 2.26. The van der Waals surface area contributed by atoms with Crippen molar-refractivity contribution in [1.82, 2.24) is 4.98 Å². The Morgan fingerprint density at radius 2 is 2.12 bits per heavy atom. The molecule has 0 spiro atoms. The van der Waals surface area contributed by atoms with Crippen LogP contribution in [0.15, 0.2) is 42.6 Å². The molecule has 0 aliphatic heterocycles. The summed E-state index contributed by atoms with van der Waals surface area (Å²) in [5.41, 5.74) is 2.40. The fourth-order valence-electron chi connectivity index (χ4n) is 1.42. The standard InChI is InChI=1S/C13H10N2O/c1-16-12-5-6-13(15-9-12)11-4-2-3-10(7-11)8-14/h2-7,9H,1H3. The lowest BCUT2D eigenvalue weighted by molar-refractivity contribution is 0.413. The summed E-state index contributed by atoms with van der Waals surface area (Å²) < 4.78 is 5.04. The number of aromatic nitrogens is 1. The van der Waals surface area contributed by atoms with Gasteiger partial charge in [-0.2, -0.15) is 5.26 Å². The molecule has 3 nitrogen and oxygen atoms in total. The van der Waals surface area contributed by atoms with Gasteiger partial charge in [0.2, 0.25) is 0 Å². The monoisotopic (exact) mass is 210 g/mol. The molecule has 1 heterocycles. The van der Waals surface area contributed by atoms with E-state index in [0.717, 1.165) is 17.0 Å². The lowest BCUT2D eigenvalue weighted by Crippen LogP contribution is -1.87. The van der Waals surface area contributed by atoms with Crippen LogP contribution in [-0.4, -0.2) is 12.1 Å². The molecular weight excluding hydrogens is 200 g/mol. The lowest BCUT2D eigenvalue weighted by atomic mass is 10.1. The molecule has 0 saturated heterocycles. The molecule has 0 saturated carbocycles. The molecule has 0 bridgehead atoms. The van der Waals surface area contributed by atoms with Crippen LogP contribution in [0, 0.1) is 11.3 Å². The minimum Gasteiger partial charge on any atom is -0.495 e. The number of ether oxygens (including phenoxy) is 1. The van der Waals surface area contributed by atoms with Crippen LogP contribution >= 0.6 is 0 Å². The minimum absolute atomic E-state index is 0.634. The van der Waals surface area contributed by atoms with E-state index in [1.807, 2.05) is 30.3 Å². The van der Waals surface area contributed by atoms with Crippen molar-refractivity contribution in [2.24, 2.45) is 0 Å². The van der Waals surface area contributed by atoms with Gasteiger partial charge in [-0.3, -0.25) is 4.98 Å². The third-order valence-electron chi connectivity index (χ3n) is 2.26. The van der Waals surface area contributed by atoms with Gasteiger partial charge in [0.1, 0.15) is 5.75 Å². The van der Waals surface area contributed by atoms with Gasteiger partial charge in [0, 0.05) is 5.56 Å². The summed E-state index contributed by atoms with van der Waals surface area (Å²) in [6, 6.07) is 13.2. The highest BCUT2D eigenvalue weighted by Gasteiger charge is 2.00. The zero-order valence-corrected chi connectivity index (χ0v) is 8.84. The molecule has 3 heteroatoms. The van der Waals surface area contributed by atoms with E-state index < -0.39 is 0 Å². The van der Waals surface area contributed by atoms with Crippen LogP contribution in [0.1, 0.15) is 5.56 Å². The van der Waals surface area contributed by atoms with Crippen LogP contribution < -0.4 is 4.74 Å². The van der Waals surface area contributed by atoms with Gasteiger partial charge in [0.15, 0.2) is 0 Å². The maximum Gasteiger partial charge on any atom is 0.137 e. The van der Waals surface area contributed by atoms with Crippen molar-refractivity contribution in [3.8, 4) is 23.1 Å². The molecular formula is C13H10N2O. The first-order chi connectivity index (χ1) is 7.83. The number of hydrogen-bond donors (Lipinski definition) is 0. The number of nitriles is 1. The zero-order valence-electron chi connectivity index (χ0n) is 8.84. The predicted octanol–water partition coefficient (Wildman–Crippen LogP) is 2.63. The first-order valence-electron chi connectivity index (χ1n) is 4.84. The highest BCUT2D eigenvalue weighted by atomic mass is 16.5. The van der Waals surface area contributed by atoms with Crippen molar-refractivity contribution in [1.29, 1.82) is 5.26 Å². The average molecular weight is 210 g/mol. The summed E-state index contributed by atoms with van der Waals surface area (Å²) in [6.07, 6.45) is 1.66. The van der Waals surface area contributed by atoms with E-state index in [4.69, 9.17) is 10.00 Å². The van der Waals surface area contributed by atoms with E-state index in [9.17, 15) is 0 Å². The maximum absolute atomic E-state index is 8.80. The highest BCUT2D eigenvalue weighted by Crippen LogP contribution is 2.20. The molecule has 16 heavy (non-hydrogen) atoms. The summed E-state index contributed by atoms with van der Waals surface area (Å²) in [6.45, 7) is 0. The van der Waals surface area contributed by atoms with E-state index in [0.29, 0.717) is 5.56 Å². The van der Waals surface area contributed by atoms with Gasteiger partial charge in [-0.05, 0) is 24.3 Å². The molecule has 0 atom stereocenters. The van der Waals surface area contributed by atoms with E-state index in [2.05, 4.69) is 11.1 Å². The van der Waals surface area contributed by atoms with Crippen molar-refractivity contribution < 1.29 is 4.74 Å². The van der Waals surface area contributed by atoms with Crippen LogP contribution in [-0.2, 0) is 0 Å². The number of pyridine rings is 1. The molecule has 2 rings (SSSR count). The summed E-state index contributed by atoms with van der Waals surface area (Å²) in [5.74, 6) is 0.722. The van der Waals surface area contributed by atoms with E-state index >= 15 is 0 Å². The quantitative estimate of drug-likeness (QED) is 0.765. The summed E-state index contributed by atoms with van der Waals surface area (Å²) >= 11 is 0. The Kier molecular flexibility index (Phi) is 2.84. The zero-order chi connectivity index (χ0) is 11.4. The minimum atomic E-state index is 0.634.